The Hall–Kier alpha value is -2.66. The van der Waals surface area contributed by atoms with E-state index in [0.717, 1.165) is 17.5 Å². The molecule has 24 heavy (non-hydrogen) atoms. The lowest BCUT2D eigenvalue weighted by atomic mass is 9.80. The van der Waals surface area contributed by atoms with Crippen molar-refractivity contribution in [1.29, 1.82) is 0 Å². The molecule has 0 aromatic heterocycles. The van der Waals surface area contributed by atoms with Crippen molar-refractivity contribution >= 4 is 11.9 Å². The number of nitrogens with one attached hydrogen (secondary N) is 1. The summed E-state index contributed by atoms with van der Waals surface area (Å²) in [7, 11) is 0. The minimum atomic E-state index is -1.01. The lowest BCUT2D eigenvalue weighted by Gasteiger charge is -2.23. The molecule has 0 amide bonds. The molecule has 1 fully saturated rings. The highest BCUT2D eigenvalue weighted by molar-refractivity contribution is 5.88. The van der Waals surface area contributed by atoms with Crippen LogP contribution in [0.1, 0.15) is 27.4 Å². The van der Waals surface area contributed by atoms with Gasteiger partial charge in [0.2, 0.25) is 0 Å². The second-order valence-corrected chi connectivity index (χ2v) is 6.13. The van der Waals surface area contributed by atoms with Crippen LogP contribution < -0.4 is 5.32 Å². The average molecular weight is 325 g/mol. The molecule has 0 saturated carbocycles. The van der Waals surface area contributed by atoms with Crippen LogP contribution in [0.2, 0.25) is 0 Å². The van der Waals surface area contributed by atoms with Crippen LogP contribution in [0.15, 0.2) is 54.6 Å². The number of carboxylic acid groups (broad SMARTS) is 2. The highest BCUT2D eigenvalue weighted by atomic mass is 16.4. The molecule has 3 atom stereocenters. The Bertz CT molecular complexity index is 744. The summed E-state index contributed by atoms with van der Waals surface area (Å²) in [6.07, 6.45) is 0.750. The zero-order chi connectivity index (χ0) is 17.1. The van der Waals surface area contributed by atoms with Gasteiger partial charge in [-0.05, 0) is 42.1 Å². The molecule has 0 bridgehead atoms. The van der Waals surface area contributed by atoms with Crippen LogP contribution in [0.4, 0.5) is 0 Å². The summed E-state index contributed by atoms with van der Waals surface area (Å²) in [5, 5.41) is 21.8. The third-order valence-corrected chi connectivity index (χ3v) is 4.59. The number of carboxylic acids is 2. The number of benzene rings is 2. The van der Waals surface area contributed by atoms with E-state index in [1.807, 2.05) is 36.4 Å². The van der Waals surface area contributed by atoms with E-state index < -0.39 is 18.0 Å². The molecule has 3 rings (SSSR count). The van der Waals surface area contributed by atoms with Crippen molar-refractivity contribution in [2.45, 2.75) is 18.4 Å². The van der Waals surface area contributed by atoms with E-state index in [9.17, 15) is 19.8 Å². The van der Waals surface area contributed by atoms with Crippen molar-refractivity contribution < 1.29 is 19.8 Å². The third-order valence-electron chi connectivity index (χ3n) is 4.59. The third kappa shape index (κ3) is 3.31. The molecule has 2 aromatic carbocycles. The van der Waals surface area contributed by atoms with Gasteiger partial charge in [-0.3, -0.25) is 4.79 Å². The first-order valence-electron chi connectivity index (χ1n) is 7.89. The standard InChI is InChI=1S/C19H19NO4/c21-18(22)14-8-4-7-13(10-14)16-15(11-20-17(16)19(23)24)9-12-5-2-1-3-6-12/h1-8,10,15-17,20H,9,11H2,(H,21,22)(H,23,24)/t15-,16+,17+/m1/s1. The van der Waals surface area contributed by atoms with Gasteiger partial charge in [0.15, 0.2) is 0 Å². The monoisotopic (exact) mass is 325 g/mol. The van der Waals surface area contributed by atoms with E-state index >= 15 is 0 Å². The Morgan fingerprint density at radius 2 is 1.79 bits per heavy atom. The molecule has 0 unspecified atom stereocenters. The minimum Gasteiger partial charge on any atom is -0.480 e. The van der Waals surface area contributed by atoms with Gasteiger partial charge in [0.1, 0.15) is 6.04 Å². The van der Waals surface area contributed by atoms with E-state index in [-0.39, 0.29) is 17.4 Å². The normalized spacial score (nSPS) is 23.1. The maximum Gasteiger partial charge on any atom is 0.335 e. The van der Waals surface area contributed by atoms with Crippen LogP contribution in [-0.4, -0.2) is 34.7 Å². The van der Waals surface area contributed by atoms with Crippen molar-refractivity contribution in [3.63, 3.8) is 0 Å². The van der Waals surface area contributed by atoms with Gasteiger partial charge in [0, 0.05) is 5.92 Å². The highest BCUT2D eigenvalue weighted by Crippen LogP contribution is 2.35. The van der Waals surface area contributed by atoms with Crippen molar-refractivity contribution in [2.24, 2.45) is 5.92 Å². The lowest BCUT2D eigenvalue weighted by molar-refractivity contribution is -0.139. The number of carbonyl (C=O) groups is 2. The largest absolute Gasteiger partial charge is 0.480 e. The Labute approximate surface area is 139 Å². The van der Waals surface area contributed by atoms with Gasteiger partial charge in [-0.1, -0.05) is 42.5 Å². The minimum absolute atomic E-state index is 0.0949. The fourth-order valence-electron chi connectivity index (χ4n) is 3.50. The predicted molar refractivity (Wildman–Crippen MR) is 89.2 cm³/mol. The Balaban J connectivity index is 1.93. The number of aliphatic carboxylic acids is 1. The molecule has 5 heteroatoms. The molecule has 0 radical (unpaired) electrons. The molecule has 1 aliphatic heterocycles. The maximum absolute atomic E-state index is 11.6. The lowest BCUT2D eigenvalue weighted by Crippen LogP contribution is -2.34. The molecule has 124 valence electrons. The van der Waals surface area contributed by atoms with Gasteiger partial charge >= 0.3 is 11.9 Å². The second-order valence-electron chi connectivity index (χ2n) is 6.13. The average Bonchev–Trinajstić information content (AvgIpc) is 2.99. The summed E-state index contributed by atoms with van der Waals surface area (Å²) in [5.41, 5.74) is 2.09. The summed E-state index contributed by atoms with van der Waals surface area (Å²) in [4.78, 5) is 22.8. The molecule has 0 aliphatic carbocycles. The molecule has 5 nitrogen and oxygen atoms in total. The smallest absolute Gasteiger partial charge is 0.335 e. The number of aromatic carboxylic acids is 1. The highest BCUT2D eigenvalue weighted by Gasteiger charge is 2.41. The van der Waals surface area contributed by atoms with Crippen molar-refractivity contribution in [3.8, 4) is 0 Å². The Morgan fingerprint density at radius 1 is 1.04 bits per heavy atom. The van der Waals surface area contributed by atoms with Gasteiger partial charge in [-0.15, -0.1) is 0 Å². The molecule has 1 aliphatic rings. The van der Waals surface area contributed by atoms with Gasteiger partial charge < -0.3 is 15.5 Å². The molecular weight excluding hydrogens is 306 g/mol. The van der Waals surface area contributed by atoms with Crippen LogP contribution >= 0.6 is 0 Å². The molecule has 3 N–H and O–H groups in total. The van der Waals surface area contributed by atoms with E-state index in [1.54, 1.807) is 12.1 Å². The zero-order valence-electron chi connectivity index (χ0n) is 13.1. The van der Waals surface area contributed by atoms with Crippen LogP contribution in [0, 0.1) is 5.92 Å². The number of rotatable bonds is 5. The maximum atomic E-state index is 11.6. The van der Waals surface area contributed by atoms with Crippen molar-refractivity contribution in [2.75, 3.05) is 6.54 Å². The number of hydrogen-bond donors (Lipinski definition) is 3. The summed E-state index contributed by atoms with van der Waals surface area (Å²) in [6, 6.07) is 15.8. The quantitative estimate of drug-likeness (QED) is 0.786. The second kappa shape index (κ2) is 6.84. The van der Waals surface area contributed by atoms with Crippen LogP contribution in [0.25, 0.3) is 0 Å². The molecule has 1 saturated heterocycles. The molecular formula is C19H19NO4. The van der Waals surface area contributed by atoms with E-state index in [1.165, 1.54) is 6.07 Å². The van der Waals surface area contributed by atoms with Gasteiger partial charge in [-0.2, -0.15) is 0 Å². The summed E-state index contributed by atoms with van der Waals surface area (Å²) >= 11 is 0. The van der Waals surface area contributed by atoms with E-state index in [2.05, 4.69) is 5.32 Å². The van der Waals surface area contributed by atoms with Crippen molar-refractivity contribution in [3.05, 3.63) is 71.3 Å². The van der Waals surface area contributed by atoms with Crippen LogP contribution in [0.3, 0.4) is 0 Å². The Kier molecular flexibility index (Phi) is 4.62. The van der Waals surface area contributed by atoms with Crippen molar-refractivity contribution in [1.82, 2.24) is 5.32 Å². The SMILES string of the molecule is O=C(O)c1cccc([C@H]2[C@H](Cc3ccccc3)CN[C@@H]2C(=O)O)c1. The predicted octanol–water partition coefficient (Wildman–Crippen LogP) is 2.38. The summed E-state index contributed by atoms with van der Waals surface area (Å²) < 4.78 is 0. The van der Waals surface area contributed by atoms with Gasteiger partial charge in [0.05, 0.1) is 5.56 Å². The van der Waals surface area contributed by atoms with E-state index in [0.29, 0.717) is 6.54 Å². The first kappa shape index (κ1) is 16.2. The first-order valence-corrected chi connectivity index (χ1v) is 7.89. The molecule has 1 heterocycles. The fraction of sp³-hybridized carbons (Fsp3) is 0.263. The van der Waals surface area contributed by atoms with Crippen LogP contribution in [-0.2, 0) is 11.2 Å². The molecule has 0 spiro atoms. The number of hydrogen-bond acceptors (Lipinski definition) is 3. The Morgan fingerprint density at radius 3 is 2.46 bits per heavy atom. The van der Waals surface area contributed by atoms with Crippen LogP contribution in [0.5, 0.6) is 0 Å². The summed E-state index contributed by atoms with van der Waals surface area (Å²) in [5.74, 6) is -2.08. The fourth-order valence-corrected chi connectivity index (χ4v) is 3.50. The first-order chi connectivity index (χ1) is 11.6. The van der Waals surface area contributed by atoms with Gasteiger partial charge in [-0.25, -0.2) is 4.79 Å². The summed E-state index contributed by atoms with van der Waals surface area (Å²) in [6.45, 7) is 0.591. The topological polar surface area (TPSA) is 86.6 Å². The van der Waals surface area contributed by atoms with E-state index in [4.69, 9.17) is 0 Å². The zero-order valence-corrected chi connectivity index (χ0v) is 13.1. The van der Waals surface area contributed by atoms with Gasteiger partial charge in [0.25, 0.3) is 0 Å². The molecule has 2 aromatic rings.